The van der Waals surface area contributed by atoms with E-state index in [9.17, 15) is 10.2 Å². The molecule has 0 atom stereocenters. The van der Waals surface area contributed by atoms with Crippen LogP contribution in [-0.4, -0.2) is 10.2 Å². The van der Waals surface area contributed by atoms with Crippen LogP contribution in [0.25, 0.3) is 0 Å². The highest BCUT2D eigenvalue weighted by molar-refractivity contribution is 5.45. The lowest BCUT2D eigenvalue weighted by molar-refractivity contribution is 0.0756. The normalized spacial score (nSPS) is 11.8. The fraction of sp³-hybridized carbons (Fsp3) is 0.538. The molecule has 2 heteroatoms. The average molecular weight is 208 g/mol. The van der Waals surface area contributed by atoms with Crippen molar-refractivity contribution in [1.29, 1.82) is 0 Å². The molecule has 0 unspecified atom stereocenters. The molecule has 84 valence electrons. The quantitative estimate of drug-likeness (QED) is 0.801. The van der Waals surface area contributed by atoms with E-state index in [-0.39, 0.29) is 5.75 Å². The van der Waals surface area contributed by atoms with Crippen molar-refractivity contribution in [2.24, 2.45) is 0 Å². The molecule has 0 aromatic heterocycles. The van der Waals surface area contributed by atoms with E-state index in [0.29, 0.717) is 5.56 Å². The third-order valence-corrected chi connectivity index (χ3v) is 2.56. The maximum atomic E-state index is 9.93. The van der Waals surface area contributed by atoms with E-state index >= 15 is 0 Å². The lowest BCUT2D eigenvalue weighted by Crippen LogP contribution is -2.16. The summed E-state index contributed by atoms with van der Waals surface area (Å²) in [5, 5.41) is 19.8. The monoisotopic (exact) mass is 208 g/mol. The number of phenolic OH excluding ortho intramolecular Hbond substituents is 1. The second kappa shape index (κ2) is 4.23. The largest absolute Gasteiger partial charge is 0.507 e. The van der Waals surface area contributed by atoms with E-state index in [0.717, 1.165) is 18.4 Å². The summed E-state index contributed by atoms with van der Waals surface area (Å²) in [6.45, 7) is 7.37. The Labute approximate surface area is 91.6 Å². The molecule has 15 heavy (non-hydrogen) atoms. The van der Waals surface area contributed by atoms with Crippen molar-refractivity contribution in [3.05, 3.63) is 28.8 Å². The fourth-order valence-electron chi connectivity index (χ4n) is 1.75. The fourth-order valence-corrected chi connectivity index (χ4v) is 1.75. The van der Waals surface area contributed by atoms with Crippen LogP contribution in [-0.2, 0) is 12.0 Å². The molecule has 0 radical (unpaired) electrons. The van der Waals surface area contributed by atoms with Crippen molar-refractivity contribution < 1.29 is 10.2 Å². The molecule has 0 heterocycles. The van der Waals surface area contributed by atoms with Gasteiger partial charge in [-0.15, -0.1) is 0 Å². The van der Waals surface area contributed by atoms with Gasteiger partial charge in [-0.2, -0.15) is 0 Å². The predicted octanol–water partition coefficient (Wildman–Crippen LogP) is 2.88. The number of phenols is 1. The molecule has 2 nitrogen and oxygen atoms in total. The highest BCUT2D eigenvalue weighted by atomic mass is 16.3. The first-order valence-electron chi connectivity index (χ1n) is 5.41. The zero-order chi connectivity index (χ0) is 11.6. The van der Waals surface area contributed by atoms with Crippen LogP contribution in [0.2, 0.25) is 0 Å². The van der Waals surface area contributed by atoms with E-state index in [1.54, 1.807) is 13.8 Å². The number of aliphatic hydroxyl groups is 1. The van der Waals surface area contributed by atoms with Crippen molar-refractivity contribution in [3.8, 4) is 5.75 Å². The molecule has 1 rings (SSSR count). The first-order chi connectivity index (χ1) is 6.86. The number of hydrogen-bond acceptors (Lipinski definition) is 2. The van der Waals surface area contributed by atoms with Gasteiger partial charge in [0.2, 0.25) is 0 Å². The Morgan fingerprint density at radius 1 is 1.27 bits per heavy atom. The van der Waals surface area contributed by atoms with Gasteiger partial charge >= 0.3 is 0 Å². The Morgan fingerprint density at radius 3 is 2.33 bits per heavy atom. The summed E-state index contributed by atoms with van der Waals surface area (Å²) in [7, 11) is 0. The maximum Gasteiger partial charge on any atom is 0.124 e. The van der Waals surface area contributed by atoms with Gasteiger partial charge in [-0.3, -0.25) is 0 Å². The van der Waals surface area contributed by atoms with Crippen molar-refractivity contribution >= 4 is 0 Å². The van der Waals surface area contributed by atoms with Gasteiger partial charge < -0.3 is 10.2 Å². The van der Waals surface area contributed by atoms with Crippen LogP contribution < -0.4 is 0 Å². The van der Waals surface area contributed by atoms with Crippen LogP contribution in [0.4, 0.5) is 0 Å². The molecule has 0 fully saturated rings. The zero-order valence-corrected chi connectivity index (χ0v) is 9.96. The Kier molecular flexibility index (Phi) is 3.40. The third-order valence-electron chi connectivity index (χ3n) is 2.56. The zero-order valence-electron chi connectivity index (χ0n) is 9.96. The van der Waals surface area contributed by atoms with Gasteiger partial charge in [0, 0.05) is 5.56 Å². The van der Waals surface area contributed by atoms with Crippen LogP contribution >= 0.6 is 0 Å². The van der Waals surface area contributed by atoms with E-state index in [2.05, 4.69) is 6.92 Å². The van der Waals surface area contributed by atoms with Crippen LogP contribution in [0.1, 0.15) is 43.9 Å². The summed E-state index contributed by atoms with van der Waals surface area (Å²) < 4.78 is 0. The van der Waals surface area contributed by atoms with Gasteiger partial charge in [0.15, 0.2) is 0 Å². The van der Waals surface area contributed by atoms with Crippen molar-refractivity contribution in [2.75, 3.05) is 0 Å². The summed E-state index contributed by atoms with van der Waals surface area (Å²) in [4.78, 5) is 0. The predicted molar refractivity (Wildman–Crippen MR) is 62.1 cm³/mol. The summed E-state index contributed by atoms with van der Waals surface area (Å²) in [6, 6.07) is 3.87. The minimum Gasteiger partial charge on any atom is -0.507 e. The van der Waals surface area contributed by atoms with Gasteiger partial charge in [0.25, 0.3) is 0 Å². The molecule has 0 bridgehead atoms. The minimum atomic E-state index is -0.988. The SMILES string of the molecule is CCCc1cc(C)c(O)c(C(C)(C)O)c1. The molecule has 0 aliphatic rings. The summed E-state index contributed by atoms with van der Waals surface area (Å²) in [5.41, 5.74) is 1.63. The first kappa shape index (κ1) is 12.1. The number of aryl methyl sites for hydroxylation is 2. The molecule has 1 aromatic rings. The smallest absolute Gasteiger partial charge is 0.124 e. The van der Waals surface area contributed by atoms with Crippen LogP contribution in [0.15, 0.2) is 12.1 Å². The van der Waals surface area contributed by atoms with E-state index in [1.165, 1.54) is 5.56 Å². The van der Waals surface area contributed by atoms with Gasteiger partial charge in [0.1, 0.15) is 5.75 Å². The molecular weight excluding hydrogens is 188 g/mol. The highest BCUT2D eigenvalue weighted by Crippen LogP contribution is 2.32. The Hall–Kier alpha value is -1.02. The van der Waals surface area contributed by atoms with Crippen molar-refractivity contribution in [3.63, 3.8) is 0 Å². The van der Waals surface area contributed by atoms with E-state index in [1.807, 2.05) is 19.1 Å². The molecule has 1 aromatic carbocycles. The van der Waals surface area contributed by atoms with E-state index < -0.39 is 5.60 Å². The molecule has 0 aliphatic heterocycles. The summed E-state index contributed by atoms with van der Waals surface area (Å²) >= 11 is 0. The molecule has 0 saturated carbocycles. The standard InChI is InChI=1S/C13H20O2/c1-5-6-10-7-9(2)12(14)11(8-10)13(3,4)15/h7-8,14-15H,5-6H2,1-4H3. The van der Waals surface area contributed by atoms with Crippen molar-refractivity contribution in [1.82, 2.24) is 0 Å². The number of benzene rings is 1. The van der Waals surface area contributed by atoms with E-state index in [4.69, 9.17) is 0 Å². The Bertz CT molecular complexity index is 348. The van der Waals surface area contributed by atoms with Crippen LogP contribution in [0, 0.1) is 6.92 Å². The maximum absolute atomic E-state index is 9.93. The molecule has 0 spiro atoms. The Morgan fingerprint density at radius 2 is 1.87 bits per heavy atom. The van der Waals surface area contributed by atoms with Crippen LogP contribution in [0.3, 0.4) is 0 Å². The molecule has 0 saturated heterocycles. The molecule has 2 N–H and O–H groups in total. The van der Waals surface area contributed by atoms with Gasteiger partial charge in [-0.25, -0.2) is 0 Å². The highest BCUT2D eigenvalue weighted by Gasteiger charge is 2.21. The lowest BCUT2D eigenvalue weighted by atomic mass is 9.92. The molecular formula is C13H20O2. The number of rotatable bonds is 3. The van der Waals surface area contributed by atoms with Gasteiger partial charge in [0.05, 0.1) is 5.60 Å². The minimum absolute atomic E-state index is 0.211. The lowest BCUT2D eigenvalue weighted by Gasteiger charge is -2.21. The third kappa shape index (κ3) is 2.72. The van der Waals surface area contributed by atoms with Gasteiger partial charge in [-0.1, -0.05) is 19.4 Å². The second-order valence-electron chi connectivity index (χ2n) is 4.62. The van der Waals surface area contributed by atoms with Crippen molar-refractivity contribution in [2.45, 2.75) is 46.1 Å². The summed E-state index contributed by atoms with van der Waals surface area (Å²) in [6.07, 6.45) is 2.04. The average Bonchev–Trinajstić information content (AvgIpc) is 2.09. The van der Waals surface area contributed by atoms with Gasteiger partial charge in [-0.05, 0) is 44.4 Å². The van der Waals surface area contributed by atoms with Crippen LogP contribution in [0.5, 0.6) is 5.75 Å². The number of aromatic hydroxyl groups is 1. The number of hydrogen-bond donors (Lipinski definition) is 2. The summed E-state index contributed by atoms with van der Waals surface area (Å²) in [5.74, 6) is 0.211. The molecule has 0 amide bonds. The molecule has 0 aliphatic carbocycles. The Balaban J connectivity index is 3.25. The second-order valence-corrected chi connectivity index (χ2v) is 4.62. The topological polar surface area (TPSA) is 40.5 Å². The first-order valence-corrected chi connectivity index (χ1v) is 5.41.